The molecule has 1 N–H and O–H groups in total. The van der Waals surface area contributed by atoms with E-state index in [0.717, 1.165) is 0 Å². The number of aromatic amines is 1. The van der Waals surface area contributed by atoms with Gasteiger partial charge in [0.15, 0.2) is 5.82 Å². The summed E-state index contributed by atoms with van der Waals surface area (Å²) >= 11 is 13.8. The van der Waals surface area contributed by atoms with E-state index in [1.54, 1.807) is 6.07 Å². The zero-order valence-corrected chi connectivity index (χ0v) is 10.1. The normalized spacial score (nSPS) is 12.3. The third kappa shape index (κ3) is 2.09. The molecule has 1 heterocycles. The Morgan fingerprint density at radius 2 is 2.07 bits per heavy atom. The number of alkyl halides is 3. The number of aromatic nitrogens is 2. The Hall–Kier alpha value is -0.390. The van der Waals surface area contributed by atoms with Gasteiger partial charge in [-0.25, -0.2) is 4.98 Å². The maximum absolute atomic E-state index is 12.7. The Bertz CT molecular complexity index is 521. The molecule has 7 heteroatoms. The topological polar surface area (TPSA) is 28.7 Å². The standard InChI is InChI=1S/C8H3BrCl2F2N2/c9-4-1-3(10)2-5-6(4)15-7(14-5)8(11,12)13/h1-2H,(H,14,15). The average molecular weight is 316 g/mol. The molecule has 1 aromatic carbocycles. The Labute approximate surface area is 102 Å². The number of halogens is 5. The fourth-order valence-electron chi connectivity index (χ4n) is 1.18. The van der Waals surface area contributed by atoms with E-state index in [4.69, 9.17) is 23.2 Å². The van der Waals surface area contributed by atoms with Crippen LogP contribution in [0.5, 0.6) is 0 Å². The Morgan fingerprint density at radius 3 is 2.67 bits per heavy atom. The molecular formula is C8H3BrCl2F2N2. The van der Waals surface area contributed by atoms with E-state index in [-0.39, 0.29) is 0 Å². The molecule has 0 fully saturated rings. The molecule has 80 valence electrons. The lowest BCUT2D eigenvalue weighted by molar-refractivity contribution is 0.0858. The smallest absolute Gasteiger partial charge is 0.336 e. The summed E-state index contributed by atoms with van der Waals surface area (Å²) in [6, 6.07) is 3.07. The molecule has 0 atom stereocenters. The highest BCUT2D eigenvalue weighted by Gasteiger charge is 2.32. The van der Waals surface area contributed by atoms with E-state index in [1.807, 2.05) is 0 Å². The first-order valence-electron chi connectivity index (χ1n) is 3.80. The first-order valence-corrected chi connectivity index (χ1v) is 5.35. The minimum absolute atomic E-state index is 0.370. The van der Waals surface area contributed by atoms with Crippen LogP contribution < -0.4 is 0 Å². The van der Waals surface area contributed by atoms with Gasteiger partial charge < -0.3 is 4.98 Å². The summed E-state index contributed by atoms with van der Waals surface area (Å²) in [7, 11) is 0. The molecule has 1 aromatic heterocycles. The summed E-state index contributed by atoms with van der Waals surface area (Å²) < 4.78 is 26.0. The van der Waals surface area contributed by atoms with Crippen LogP contribution in [0.2, 0.25) is 5.02 Å². The summed E-state index contributed by atoms with van der Waals surface area (Å²) in [5.41, 5.74) is 0.777. The van der Waals surface area contributed by atoms with Gasteiger partial charge in [0.25, 0.3) is 0 Å². The number of fused-ring (bicyclic) bond motifs is 1. The SMILES string of the molecule is FC(F)(Cl)c1nc2c(Br)cc(Cl)cc2[nH]1. The van der Waals surface area contributed by atoms with Gasteiger partial charge >= 0.3 is 5.38 Å². The summed E-state index contributed by atoms with van der Waals surface area (Å²) in [6.07, 6.45) is 0. The van der Waals surface area contributed by atoms with Gasteiger partial charge in [-0.3, -0.25) is 0 Å². The zero-order chi connectivity index (χ0) is 11.2. The lowest BCUT2D eigenvalue weighted by atomic mass is 10.3. The van der Waals surface area contributed by atoms with E-state index in [0.29, 0.717) is 20.5 Å². The maximum Gasteiger partial charge on any atom is 0.379 e. The van der Waals surface area contributed by atoms with E-state index in [2.05, 4.69) is 25.9 Å². The van der Waals surface area contributed by atoms with Crippen LogP contribution in [0.15, 0.2) is 16.6 Å². The predicted octanol–water partition coefficient (Wildman–Crippen LogP) is 4.27. The van der Waals surface area contributed by atoms with Gasteiger partial charge in [-0.2, -0.15) is 8.78 Å². The van der Waals surface area contributed by atoms with E-state index < -0.39 is 11.2 Å². The van der Waals surface area contributed by atoms with Gasteiger partial charge in [-0.15, -0.1) is 0 Å². The number of nitrogens with one attached hydrogen (secondary N) is 1. The van der Waals surface area contributed by atoms with Crippen LogP contribution in [0, 0.1) is 0 Å². The summed E-state index contributed by atoms with van der Waals surface area (Å²) in [4.78, 5) is 6.09. The molecule has 0 unspecified atom stereocenters. The largest absolute Gasteiger partial charge is 0.379 e. The molecule has 0 aliphatic rings. The monoisotopic (exact) mass is 314 g/mol. The number of rotatable bonds is 1. The van der Waals surface area contributed by atoms with Crippen LogP contribution >= 0.6 is 39.1 Å². The molecular weight excluding hydrogens is 313 g/mol. The lowest BCUT2D eigenvalue weighted by Gasteiger charge is -2.00. The Morgan fingerprint density at radius 1 is 1.40 bits per heavy atom. The van der Waals surface area contributed by atoms with Crippen molar-refractivity contribution in [2.45, 2.75) is 5.38 Å². The van der Waals surface area contributed by atoms with Crippen LogP contribution in [0.1, 0.15) is 5.82 Å². The van der Waals surface area contributed by atoms with Gasteiger partial charge in [-0.05, 0) is 39.7 Å². The average Bonchev–Trinajstić information content (AvgIpc) is 2.46. The van der Waals surface area contributed by atoms with Crippen LogP contribution in [-0.2, 0) is 5.38 Å². The second-order valence-corrected chi connectivity index (χ2v) is 4.63. The van der Waals surface area contributed by atoms with Crippen molar-refractivity contribution >= 4 is 50.2 Å². The fourth-order valence-corrected chi connectivity index (χ4v) is 2.16. The molecule has 0 aliphatic carbocycles. The number of H-pyrrole nitrogens is 1. The molecule has 0 saturated carbocycles. The second-order valence-electron chi connectivity index (χ2n) is 2.87. The molecule has 0 radical (unpaired) electrons. The quantitative estimate of drug-likeness (QED) is 0.782. The van der Waals surface area contributed by atoms with Crippen molar-refractivity contribution in [2.75, 3.05) is 0 Å². The summed E-state index contributed by atoms with van der Waals surface area (Å²) in [6.45, 7) is 0. The minimum atomic E-state index is -3.51. The van der Waals surface area contributed by atoms with Gasteiger partial charge in [-0.1, -0.05) is 11.6 Å². The number of nitrogens with zero attached hydrogens (tertiary/aromatic N) is 1. The Kier molecular flexibility index (Phi) is 2.65. The third-order valence-electron chi connectivity index (χ3n) is 1.77. The highest BCUT2D eigenvalue weighted by molar-refractivity contribution is 9.10. The van der Waals surface area contributed by atoms with Crippen molar-refractivity contribution in [3.05, 3.63) is 27.5 Å². The molecule has 2 aromatic rings. The van der Waals surface area contributed by atoms with E-state index in [1.165, 1.54) is 6.07 Å². The van der Waals surface area contributed by atoms with Gasteiger partial charge in [0.2, 0.25) is 0 Å². The number of hydrogen-bond acceptors (Lipinski definition) is 1. The number of imidazole rings is 1. The molecule has 2 nitrogen and oxygen atoms in total. The van der Waals surface area contributed by atoms with Crippen LogP contribution in [0.4, 0.5) is 8.78 Å². The van der Waals surface area contributed by atoms with Crippen molar-refractivity contribution in [3.8, 4) is 0 Å². The highest BCUT2D eigenvalue weighted by Crippen LogP contribution is 2.34. The molecule has 2 rings (SSSR count). The number of benzene rings is 1. The third-order valence-corrected chi connectivity index (χ3v) is 2.78. The van der Waals surface area contributed by atoms with Crippen LogP contribution in [0.25, 0.3) is 11.0 Å². The molecule has 15 heavy (non-hydrogen) atoms. The highest BCUT2D eigenvalue weighted by atomic mass is 79.9. The van der Waals surface area contributed by atoms with Gasteiger partial charge in [0, 0.05) is 9.50 Å². The first kappa shape index (κ1) is 11.1. The van der Waals surface area contributed by atoms with Crippen LogP contribution in [0.3, 0.4) is 0 Å². The summed E-state index contributed by atoms with van der Waals surface area (Å²) in [5.74, 6) is -0.595. The van der Waals surface area contributed by atoms with E-state index >= 15 is 0 Å². The van der Waals surface area contributed by atoms with Crippen LogP contribution in [-0.4, -0.2) is 9.97 Å². The lowest BCUT2D eigenvalue weighted by Crippen LogP contribution is -2.05. The fraction of sp³-hybridized carbons (Fsp3) is 0.125. The van der Waals surface area contributed by atoms with Crippen molar-refractivity contribution in [1.82, 2.24) is 9.97 Å². The second kappa shape index (κ2) is 3.57. The summed E-state index contributed by atoms with van der Waals surface area (Å²) in [5, 5.41) is -3.09. The van der Waals surface area contributed by atoms with Crippen molar-refractivity contribution in [3.63, 3.8) is 0 Å². The Balaban J connectivity index is 2.71. The number of hydrogen-bond donors (Lipinski definition) is 1. The molecule has 0 amide bonds. The maximum atomic E-state index is 12.7. The molecule has 0 spiro atoms. The molecule has 0 saturated heterocycles. The predicted molar refractivity (Wildman–Crippen MR) is 58.6 cm³/mol. The zero-order valence-electron chi connectivity index (χ0n) is 6.99. The molecule has 0 aliphatic heterocycles. The van der Waals surface area contributed by atoms with E-state index in [9.17, 15) is 8.78 Å². The minimum Gasteiger partial charge on any atom is -0.336 e. The van der Waals surface area contributed by atoms with Crippen molar-refractivity contribution < 1.29 is 8.78 Å². The first-order chi connectivity index (χ1) is 6.88. The van der Waals surface area contributed by atoms with Crippen molar-refractivity contribution in [1.29, 1.82) is 0 Å². The molecule has 0 bridgehead atoms. The van der Waals surface area contributed by atoms with Gasteiger partial charge in [0.05, 0.1) is 5.52 Å². The van der Waals surface area contributed by atoms with Crippen molar-refractivity contribution in [2.24, 2.45) is 0 Å². The van der Waals surface area contributed by atoms with Gasteiger partial charge in [0.1, 0.15) is 5.52 Å².